The topological polar surface area (TPSA) is 66.6 Å². The number of allylic oxidation sites excluding steroid dienone is 3. The van der Waals surface area contributed by atoms with E-state index in [1.807, 2.05) is 13.0 Å². The quantitative estimate of drug-likeness (QED) is 0.382. The number of nitrogen functional groups attached to an aromatic ring is 1. The maximum atomic E-state index is 14.1. The van der Waals surface area contributed by atoms with E-state index < -0.39 is 11.7 Å². The third-order valence-electron chi connectivity index (χ3n) is 4.52. The number of nitrogens with zero attached hydrogens (tertiary/aromatic N) is 2. The van der Waals surface area contributed by atoms with Gasteiger partial charge in [-0.1, -0.05) is 29.8 Å². The normalized spacial score (nSPS) is 17.0. The smallest absolute Gasteiger partial charge is 0.259 e. The van der Waals surface area contributed by atoms with Gasteiger partial charge in [0.15, 0.2) is 0 Å². The lowest BCUT2D eigenvalue weighted by atomic mass is 10.1. The lowest BCUT2D eigenvalue weighted by Gasteiger charge is -2.23. The van der Waals surface area contributed by atoms with Gasteiger partial charge in [0.2, 0.25) is 5.91 Å². The molecule has 2 N–H and O–H groups in total. The molecule has 2 heterocycles. The highest BCUT2D eigenvalue weighted by Crippen LogP contribution is 2.31. The fourth-order valence-electron chi connectivity index (χ4n) is 3.18. The molecule has 2 aliphatic heterocycles. The van der Waals surface area contributed by atoms with E-state index in [9.17, 15) is 14.0 Å². The first kappa shape index (κ1) is 18.2. The lowest BCUT2D eigenvalue weighted by molar-refractivity contribution is -0.124. The maximum Gasteiger partial charge on any atom is 0.259 e. The van der Waals surface area contributed by atoms with E-state index in [2.05, 4.69) is 0 Å². The van der Waals surface area contributed by atoms with Crippen LogP contribution in [-0.4, -0.2) is 47.8 Å². The monoisotopic (exact) mass is 375 g/mol. The number of hydrogen-bond donors (Lipinski definition) is 1. The Balaban J connectivity index is 1.67. The molecular weight excluding hydrogens is 357 g/mol. The van der Waals surface area contributed by atoms with Crippen LogP contribution in [0.1, 0.15) is 17.3 Å². The van der Waals surface area contributed by atoms with Crippen LogP contribution in [0.5, 0.6) is 0 Å². The first-order valence-corrected chi connectivity index (χ1v) is 8.61. The van der Waals surface area contributed by atoms with Gasteiger partial charge < -0.3 is 15.5 Å². The van der Waals surface area contributed by atoms with Gasteiger partial charge in [0.05, 0.1) is 16.3 Å². The van der Waals surface area contributed by atoms with E-state index in [1.54, 1.807) is 17.1 Å². The van der Waals surface area contributed by atoms with Crippen molar-refractivity contribution in [1.29, 1.82) is 0 Å². The van der Waals surface area contributed by atoms with E-state index in [0.717, 1.165) is 17.2 Å². The van der Waals surface area contributed by atoms with Gasteiger partial charge in [-0.25, -0.2) is 4.39 Å². The van der Waals surface area contributed by atoms with E-state index in [4.69, 9.17) is 17.3 Å². The number of amides is 2. The van der Waals surface area contributed by atoms with Gasteiger partial charge in [-0.15, -0.1) is 0 Å². The van der Waals surface area contributed by atoms with Crippen LogP contribution in [0.3, 0.4) is 0 Å². The van der Waals surface area contributed by atoms with Gasteiger partial charge in [-0.2, -0.15) is 0 Å². The van der Waals surface area contributed by atoms with Gasteiger partial charge in [0.1, 0.15) is 5.82 Å². The zero-order chi connectivity index (χ0) is 18.8. The summed E-state index contributed by atoms with van der Waals surface area (Å²) in [5.41, 5.74) is 7.59. The minimum Gasteiger partial charge on any atom is -0.397 e. The average molecular weight is 376 g/mol. The molecule has 0 radical (unpaired) electrons. The van der Waals surface area contributed by atoms with Crippen molar-refractivity contribution >= 4 is 29.1 Å². The Morgan fingerprint density at radius 3 is 2.35 bits per heavy atom. The highest BCUT2D eigenvalue weighted by atomic mass is 35.5. The second-order valence-electron chi connectivity index (χ2n) is 6.27. The summed E-state index contributed by atoms with van der Waals surface area (Å²) >= 11 is 5.91. The van der Waals surface area contributed by atoms with Crippen LogP contribution in [0.2, 0.25) is 5.02 Å². The number of halogens is 2. The van der Waals surface area contributed by atoms with Crippen LogP contribution in [0, 0.1) is 5.82 Å². The van der Waals surface area contributed by atoms with Crippen molar-refractivity contribution in [1.82, 2.24) is 9.80 Å². The molecule has 0 saturated carbocycles. The molecule has 0 atom stereocenters. The molecule has 0 saturated heterocycles. The molecule has 5 nitrogen and oxygen atoms in total. The summed E-state index contributed by atoms with van der Waals surface area (Å²) in [6.45, 7) is 3.56. The molecule has 0 aliphatic carbocycles. The fraction of sp³-hybridized carbons (Fsp3) is 0.263. The molecule has 2 aliphatic rings. The van der Waals surface area contributed by atoms with Crippen molar-refractivity contribution in [3.63, 3.8) is 0 Å². The van der Waals surface area contributed by atoms with E-state index in [-0.39, 0.29) is 22.2 Å². The Morgan fingerprint density at radius 1 is 1.12 bits per heavy atom. The Labute approximate surface area is 156 Å². The second kappa shape index (κ2) is 7.33. The number of carbonyl (C=O) groups excluding carboxylic acids is 2. The average Bonchev–Trinajstić information content (AvgIpc) is 3.17. The van der Waals surface area contributed by atoms with Crippen LogP contribution in [0.4, 0.5) is 10.1 Å². The molecule has 136 valence electrons. The number of rotatable bonds is 3. The summed E-state index contributed by atoms with van der Waals surface area (Å²) in [7, 11) is 0. The largest absolute Gasteiger partial charge is 0.397 e. The molecule has 0 fully saturated rings. The second-order valence-corrected chi connectivity index (χ2v) is 6.67. The highest BCUT2D eigenvalue weighted by molar-refractivity contribution is 6.34. The number of anilines is 1. The predicted octanol–water partition coefficient (Wildman–Crippen LogP) is 2.79. The van der Waals surface area contributed by atoms with Crippen molar-refractivity contribution < 1.29 is 14.0 Å². The number of benzene rings is 1. The molecule has 1 aromatic rings. The van der Waals surface area contributed by atoms with Gasteiger partial charge >= 0.3 is 0 Å². The standard InChI is InChI=1S/C19H19ClFN3O2/c1-2-3-4-5-16(25)23-8-12-10-24(11-13(12)9-23)19(26)17-15(21)7-6-14(20)18(17)22/h2-7H,8-11,22H2,1H3/b3-2+,5-4+. The first-order valence-electron chi connectivity index (χ1n) is 8.23. The van der Waals surface area contributed by atoms with Crippen molar-refractivity contribution in [2.45, 2.75) is 6.92 Å². The number of nitrogens with two attached hydrogens (primary N) is 1. The highest BCUT2D eigenvalue weighted by Gasteiger charge is 2.35. The van der Waals surface area contributed by atoms with Crippen LogP contribution < -0.4 is 5.73 Å². The van der Waals surface area contributed by atoms with Crippen molar-refractivity contribution in [2.75, 3.05) is 31.9 Å². The Morgan fingerprint density at radius 2 is 1.73 bits per heavy atom. The van der Waals surface area contributed by atoms with Crippen LogP contribution in [0.15, 0.2) is 47.6 Å². The van der Waals surface area contributed by atoms with Crippen molar-refractivity contribution in [2.24, 2.45) is 0 Å². The maximum absolute atomic E-state index is 14.1. The Kier molecular flexibility index (Phi) is 5.13. The van der Waals surface area contributed by atoms with E-state index in [1.165, 1.54) is 17.0 Å². The number of hydrogen-bond acceptors (Lipinski definition) is 3. The van der Waals surface area contributed by atoms with Crippen LogP contribution in [-0.2, 0) is 4.79 Å². The van der Waals surface area contributed by atoms with Gasteiger partial charge in [-0.3, -0.25) is 9.59 Å². The first-order chi connectivity index (χ1) is 12.4. The molecular formula is C19H19ClFN3O2. The zero-order valence-electron chi connectivity index (χ0n) is 14.3. The minimum absolute atomic E-state index is 0.0466. The summed E-state index contributed by atoms with van der Waals surface area (Å²) in [4.78, 5) is 28.1. The molecule has 0 unspecified atom stereocenters. The fourth-order valence-corrected chi connectivity index (χ4v) is 3.33. The summed E-state index contributed by atoms with van der Waals surface area (Å²) in [6.07, 6.45) is 6.86. The molecule has 0 aromatic heterocycles. The lowest BCUT2D eigenvalue weighted by Crippen LogP contribution is -2.36. The molecule has 3 rings (SSSR count). The Bertz CT molecular complexity index is 843. The van der Waals surface area contributed by atoms with E-state index in [0.29, 0.717) is 26.2 Å². The van der Waals surface area contributed by atoms with Gasteiger partial charge in [-0.05, 0) is 30.2 Å². The minimum atomic E-state index is -0.685. The summed E-state index contributed by atoms with van der Waals surface area (Å²) < 4.78 is 14.1. The van der Waals surface area contributed by atoms with Crippen molar-refractivity contribution in [3.05, 3.63) is 64.0 Å². The molecule has 7 heteroatoms. The Hall–Kier alpha value is -2.60. The third kappa shape index (κ3) is 3.37. The molecule has 26 heavy (non-hydrogen) atoms. The summed E-state index contributed by atoms with van der Waals surface area (Å²) in [6, 6.07) is 2.47. The SMILES string of the molecule is C/C=C/C=C/C(=O)N1CC2=C(C1)CN(C(=O)c1c(F)ccc(Cl)c1N)C2. The van der Waals surface area contributed by atoms with Gasteiger partial charge in [0, 0.05) is 32.3 Å². The van der Waals surface area contributed by atoms with Crippen molar-refractivity contribution in [3.8, 4) is 0 Å². The molecule has 0 bridgehead atoms. The van der Waals surface area contributed by atoms with Crippen LogP contribution in [0.25, 0.3) is 0 Å². The van der Waals surface area contributed by atoms with Gasteiger partial charge in [0.25, 0.3) is 5.91 Å². The number of carbonyl (C=O) groups is 2. The van der Waals surface area contributed by atoms with E-state index >= 15 is 0 Å². The third-order valence-corrected chi connectivity index (χ3v) is 4.85. The predicted molar refractivity (Wildman–Crippen MR) is 99.3 cm³/mol. The molecule has 1 aromatic carbocycles. The molecule has 0 spiro atoms. The molecule has 2 amide bonds. The zero-order valence-corrected chi connectivity index (χ0v) is 15.1. The van der Waals surface area contributed by atoms with Crippen LogP contribution >= 0.6 is 11.6 Å². The summed E-state index contributed by atoms with van der Waals surface area (Å²) in [5, 5.41) is 0.152. The summed E-state index contributed by atoms with van der Waals surface area (Å²) in [5.74, 6) is -1.24.